The molecule has 0 spiro atoms. The van der Waals surface area contributed by atoms with E-state index < -0.39 is 6.15 Å². The predicted molar refractivity (Wildman–Crippen MR) is 137 cm³/mol. The SMILES string of the molecule is CCCCCC[B-](c1cccc(F)c1)(c1cccc(F)c1)c1cccc(F)c1.C[N+](C)(C)C. The van der Waals surface area contributed by atoms with Crippen LogP contribution >= 0.6 is 0 Å². The standard InChI is InChI=1S/C24H25BF3.C4H12N/c1-2-3-4-5-15-25(19-9-6-12-22(26)16-19,20-10-7-13-23(27)17-20)21-11-8-14-24(28)18-21;1-5(2,3)4/h6-14,16-18H,2-5,15H2,1H3;1-4H3/q-1;+1. The van der Waals surface area contributed by atoms with Gasteiger partial charge in [0.2, 0.25) is 0 Å². The van der Waals surface area contributed by atoms with E-state index in [0.717, 1.165) is 46.6 Å². The molecule has 178 valence electrons. The first-order valence-corrected chi connectivity index (χ1v) is 11.8. The Kier molecular flexibility index (Phi) is 9.78. The molecule has 0 aliphatic heterocycles. The van der Waals surface area contributed by atoms with Crippen LogP contribution in [0.5, 0.6) is 0 Å². The monoisotopic (exact) mass is 455 g/mol. The molecule has 33 heavy (non-hydrogen) atoms. The molecule has 0 atom stereocenters. The third-order valence-electron chi connectivity index (χ3n) is 5.74. The van der Waals surface area contributed by atoms with Crippen LogP contribution in [0.3, 0.4) is 0 Å². The zero-order valence-corrected chi connectivity index (χ0v) is 20.6. The normalized spacial score (nSPS) is 11.6. The van der Waals surface area contributed by atoms with Gasteiger partial charge in [0, 0.05) is 0 Å². The molecule has 5 heteroatoms. The van der Waals surface area contributed by atoms with Crippen molar-refractivity contribution in [1.82, 2.24) is 0 Å². The average Bonchev–Trinajstić information content (AvgIpc) is 2.73. The minimum Gasteiger partial charge on any atom is -0.333 e. The van der Waals surface area contributed by atoms with Crippen molar-refractivity contribution in [3.63, 3.8) is 0 Å². The van der Waals surface area contributed by atoms with Crippen LogP contribution in [0.1, 0.15) is 32.6 Å². The lowest BCUT2D eigenvalue weighted by atomic mass is 9.14. The van der Waals surface area contributed by atoms with Crippen molar-refractivity contribution >= 4 is 22.5 Å². The first-order valence-electron chi connectivity index (χ1n) is 11.8. The van der Waals surface area contributed by atoms with E-state index in [0.29, 0.717) is 6.32 Å². The molecule has 0 aromatic heterocycles. The van der Waals surface area contributed by atoms with Crippen molar-refractivity contribution in [1.29, 1.82) is 0 Å². The Hall–Kier alpha value is -2.53. The van der Waals surface area contributed by atoms with Crippen molar-refractivity contribution < 1.29 is 17.7 Å². The second-order valence-electron chi connectivity index (χ2n) is 10.2. The summed E-state index contributed by atoms with van der Waals surface area (Å²) >= 11 is 0. The Bertz CT molecular complexity index is 897. The number of halogens is 3. The third-order valence-corrected chi connectivity index (χ3v) is 5.74. The fraction of sp³-hybridized carbons (Fsp3) is 0.357. The molecular weight excluding hydrogens is 418 g/mol. The summed E-state index contributed by atoms with van der Waals surface area (Å²) in [6.45, 7) is 2.14. The molecule has 1 nitrogen and oxygen atoms in total. The number of hydrogen-bond acceptors (Lipinski definition) is 0. The number of quaternary nitrogens is 1. The fourth-order valence-electron chi connectivity index (χ4n) is 4.39. The molecule has 0 amide bonds. The van der Waals surface area contributed by atoms with Crippen LogP contribution < -0.4 is 16.4 Å². The Labute approximate surface area is 197 Å². The zero-order chi connectivity index (χ0) is 24.5. The van der Waals surface area contributed by atoms with Gasteiger partial charge >= 0.3 is 0 Å². The smallest absolute Gasteiger partial charge is 0.120 e. The second kappa shape index (κ2) is 12.1. The molecule has 0 saturated heterocycles. The number of hydrogen-bond donors (Lipinski definition) is 0. The topological polar surface area (TPSA) is 0 Å². The number of rotatable bonds is 8. The maximum absolute atomic E-state index is 14.2. The summed E-state index contributed by atoms with van der Waals surface area (Å²) in [6.07, 6.45) is 3.12. The summed E-state index contributed by atoms with van der Waals surface area (Å²) in [4.78, 5) is 0. The van der Waals surface area contributed by atoms with Crippen LogP contribution in [0, 0.1) is 17.5 Å². The quantitative estimate of drug-likeness (QED) is 0.240. The molecular formula is C28H37BF3N. The third kappa shape index (κ3) is 8.08. The zero-order valence-electron chi connectivity index (χ0n) is 20.6. The van der Waals surface area contributed by atoms with Gasteiger partial charge in [-0.1, -0.05) is 87.2 Å². The van der Waals surface area contributed by atoms with Gasteiger partial charge in [-0.25, -0.2) is 13.2 Å². The maximum atomic E-state index is 14.2. The highest BCUT2D eigenvalue weighted by Gasteiger charge is 2.30. The molecule has 0 saturated carbocycles. The summed E-state index contributed by atoms with van der Waals surface area (Å²) in [5, 5.41) is 0. The van der Waals surface area contributed by atoms with Gasteiger partial charge in [-0.3, -0.25) is 0 Å². The highest BCUT2D eigenvalue weighted by Crippen LogP contribution is 2.19. The van der Waals surface area contributed by atoms with Crippen molar-refractivity contribution in [2.45, 2.75) is 38.9 Å². The molecule has 0 N–H and O–H groups in total. The molecule has 3 aromatic carbocycles. The Morgan fingerprint density at radius 2 is 0.970 bits per heavy atom. The van der Waals surface area contributed by atoms with Crippen LogP contribution in [-0.2, 0) is 0 Å². The van der Waals surface area contributed by atoms with Crippen LogP contribution in [0.25, 0.3) is 0 Å². The first-order chi connectivity index (χ1) is 15.6. The van der Waals surface area contributed by atoms with Gasteiger partial charge < -0.3 is 4.48 Å². The Morgan fingerprint density at radius 1 is 0.606 bits per heavy atom. The molecule has 0 heterocycles. The van der Waals surface area contributed by atoms with Gasteiger partial charge in [0.25, 0.3) is 0 Å². The Balaban J connectivity index is 0.000000696. The summed E-state index contributed by atoms with van der Waals surface area (Å²) < 4.78 is 43.6. The summed E-state index contributed by atoms with van der Waals surface area (Å²) in [7, 11) is 8.50. The highest BCUT2D eigenvalue weighted by molar-refractivity contribution is 7.11. The molecule has 0 unspecified atom stereocenters. The summed E-state index contributed by atoms with van der Waals surface area (Å²) in [6, 6.07) is 19.4. The lowest BCUT2D eigenvalue weighted by Gasteiger charge is -2.43. The van der Waals surface area contributed by atoms with Gasteiger partial charge in [-0.15, -0.1) is 0 Å². The van der Waals surface area contributed by atoms with Gasteiger partial charge in [0.15, 0.2) is 0 Å². The van der Waals surface area contributed by atoms with E-state index in [9.17, 15) is 13.2 Å². The number of unbranched alkanes of at least 4 members (excludes halogenated alkanes) is 3. The van der Waals surface area contributed by atoms with Crippen molar-refractivity contribution in [2.24, 2.45) is 0 Å². The van der Waals surface area contributed by atoms with E-state index in [1.807, 2.05) is 18.2 Å². The van der Waals surface area contributed by atoms with Gasteiger partial charge in [0.05, 0.1) is 34.3 Å². The van der Waals surface area contributed by atoms with Crippen LogP contribution in [-0.4, -0.2) is 38.8 Å². The molecule has 3 rings (SSSR count). The summed E-state index contributed by atoms with van der Waals surface area (Å²) in [5.41, 5.74) is 2.31. The fourth-order valence-corrected chi connectivity index (χ4v) is 4.39. The van der Waals surface area contributed by atoms with Gasteiger partial charge in [0.1, 0.15) is 17.5 Å². The summed E-state index contributed by atoms with van der Waals surface area (Å²) in [5.74, 6) is -1.03. The molecule has 0 bridgehead atoms. The van der Waals surface area contributed by atoms with E-state index in [1.165, 1.54) is 36.4 Å². The first kappa shape index (κ1) is 26.7. The predicted octanol–water partition coefficient (Wildman–Crippen LogP) is 5.48. The highest BCUT2D eigenvalue weighted by atomic mass is 19.1. The minimum atomic E-state index is -1.71. The van der Waals surface area contributed by atoms with Crippen molar-refractivity contribution in [3.05, 3.63) is 90.2 Å². The van der Waals surface area contributed by atoms with E-state index >= 15 is 0 Å². The molecule has 0 aliphatic carbocycles. The second-order valence-corrected chi connectivity index (χ2v) is 10.2. The van der Waals surface area contributed by atoms with E-state index in [4.69, 9.17) is 0 Å². The van der Waals surface area contributed by atoms with Crippen LogP contribution in [0.4, 0.5) is 13.2 Å². The van der Waals surface area contributed by atoms with Gasteiger partial charge in [-0.05, 0) is 18.2 Å². The van der Waals surface area contributed by atoms with Crippen LogP contribution in [0.15, 0.2) is 72.8 Å². The molecule has 0 aliphatic rings. The lowest BCUT2D eigenvalue weighted by molar-refractivity contribution is -0.849. The maximum Gasteiger partial charge on any atom is 0.120 e. The number of benzene rings is 3. The Morgan fingerprint density at radius 3 is 1.27 bits per heavy atom. The number of nitrogens with zero attached hydrogens (tertiary/aromatic N) is 1. The van der Waals surface area contributed by atoms with Crippen molar-refractivity contribution in [3.8, 4) is 0 Å². The molecule has 0 radical (unpaired) electrons. The molecule has 0 fully saturated rings. The lowest BCUT2D eigenvalue weighted by Crippen LogP contribution is -2.67. The average molecular weight is 455 g/mol. The molecule has 3 aromatic rings. The van der Waals surface area contributed by atoms with E-state index in [-0.39, 0.29) is 17.5 Å². The van der Waals surface area contributed by atoms with Crippen molar-refractivity contribution in [2.75, 3.05) is 28.2 Å². The van der Waals surface area contributed by atoms with E-state index in [1.54, 1.807) is 18.2 Å². The van der Waals surface area contributed by atoms with Crippen LogP contribution in [0.2, 0.25) is 6.32 Å². The van der Waals surface area contributed by atoms with E-state index in [2.05, 4.69) is 35.1 Å². The minimum absolute atomic E-state index is 0.342. The largest absolute Gasteiger partial charge is 0.333 e. The van der Waals surface area contributed by atoms with Gasteiger partial charge in [-0.2, -0.15) is 22.7 Å².